The minimum atomic E-state index is -3.84. The van der Waals surface area contributed by atoms with Gasteiger partial charge in [0.15, 0.2) is 0 Å². The molecule has 0 fully saturated rings. The average molecular weight is 411 g/mol. The average Bonchev–Trinajstić information content (AvgIpc) is 2.83. The first-order chi connectivity index (χ1) is 8.94. The first-order valence-electron chi connectivity index (χ1n) is 5.10. The molecule has 1 aromatic heterocycles. The molecule has 0 aliphatic carbocycles. The third kappa shape index (κ3) is 3.19. The van der Waals surface area contributed by atoms with E-state index in [2.05, 4.69) is 36.6 Å². The van der Waals surface area contributed by atoms with Crippen molar-refractivity contribution in [1.82, 2.24) is 0 Å². The number of anilines is 1. The van der Waals surface area contributed by atoms with Gasteiger partial charge in [-0.25, -0.2) is 0 Å². The normalized spacial score (nSPS) is 11.5. The summed E-state index contributed by atoms with van der Waals surface area (Å²) in [5.74, 6) is 0.187. The zero-order chi connectivity index (χ0) is 14.0. The smallest absolute Gasteiger partial charge is 0.295 e. The SMILES string of the molecule is O=S(=O)(Nc1c(Br)cccc1Br)c1ccc(CO)o1. The van der Waals surface area contributed by atoms with E-state index in [-0.39, 0.29) is 17.5 Å². The quantitative estimate of drug-likeness (QED) is 0.811. The van der Waals surface area contributed by atoms with Gasteiger partial charge in [0.25, 0.3) is 10.0 Å². The number of nitrogens with one attached hydrogen (secondary N) is 1. The predicted molar refractivity (Wildman–Crippen MR) is 77.3 cm³/mol. The molecule has 0 amide bonds. The number of aliphatic hydroxyl groups excluding tert-OH is 1. The summed E-state index contributed by atoms with van der Waals surface area (Å²) >= 11 is 6.53. The van der Waals surface area contributed by atoms with Crippen molar-refractivity contribution in [1.29, 1.82) is 0 Å². The van der Waals surface area contributed by atoms with E-state index in [0.717, 1.165) is 0 Å². The van der Waals surface area contributed by atoms with Crippen LogP contribution < -0.4 is 4.72 Å². The van der Waals surface area contributed by atoms with Gasteiger partial charge in [0.1, 0.15) is 12.4 Å². The minimum Gasteiger partial charge on any atom is -0.445 e. The highest BCUT2D eigenvalue weighted by Crippen LogP contribution is 2.32. The van der Waals surface area contributed by atoms with Gasteiger partial charge in [-0.15, -0.1) is 0 Å². The molecule has 0 aliphatic rings. The number of hydrogen-bond donors (Lipinski definition) is 2. The summed E-state index contributed by atoms with van der Waals surface area (Å²) in [6.45, 7) is -0.353. The molecule has 0 aliphatic heterocycles. The van der Waals surface area contributed by atoms with Crippen molar-refractivity contribution >= 4 is 47.6 Å². The Bertz CT molecular complexity index is 676. The van der Waals surface area contributed by atoms with Crippen LogP contribution in [0, 0.1) is 0 Å². The lowest BCUT2D eigenvalue weighted by atomic mass is 10.3. The highest BCUT2D eigenvalue weighted by molar-refractivity contribution is 9.11. The van der Waals surface area contributed by atoms with E-state index in [0.29, 0.717) is 14.6 Å². The van der Waals surface area contributed by atoms with E-state index in [1.807, 2.05) is 0 Å². The van der Waals surface area contributed by atoms with Crippen molar-refractivity contribution in [2.24, 2.45) is 0 Å². The lowest BCUT2D eigenvalue weighted by Gasteiger charge is -2.09. The van der Waals surface area contributed by atoms with Crippen molar-refractivity contribution in [2.75, 3.05) is 4.72 Å². The maximum absolute atomic E-state index is 12.1. The van der Waals surface area contributed by atoms with E-state index < -0.39 is 10.0 Å². The van der Waals surface area contributed by atoms with Crippen LogP contribution in [0.5, 0.6) is 0 Å². The number of furan rings is 1. The Morgan fingerprint density at radius 1 is 1.16 bits per heavy atom. The molecule has 8 heteroatoms. The van der Waals surface area contributed by atoms with Gasteiger partial charge in [0, 0.05) is 8.95 Å². The Balaban J connectivity index is 2.36. The minimum absolute atomic E-state index is 0.187. The number of benzene rings is 1. The van der Waals surface area contributed by atoms with Gasteiger partial charge < -0.3 is 9.52 Å². The fourth-order valence-electron chi connectivity index (χ4n) is 1.37. The van der Waals surface area contributed by atoms with Gasteiger partial charge in [-0.1, -0.05) is 6.07 Å². The predicted octanol–water partition coefficient (Wildman–Crippen LogP) is 3.10. The van der Waals surface area contributed by atoms with Crippen LogP contribution in [0.25, 0.3) is 0 Å². The van der Waals surface area contributed by atoms with Crippen molar-refractivity contribution in [3.8, 4) is 0 Å². The Morgan fingerprint density at radius 3 is 2.32 bits per heavy atom. The molecule has 0 atom stereocenters. The van der Waals surface area contributed by atoms with Crippen LogP contribution in [0.3, 0.4) is 0 Å². The molecule has 0 spiro atoms. The van der Waals surface area contributed by atoms with Crippen LogP contribution in [0.4, 0.5) is 5.69 Å². The molecule has 0 saturated heterocycles. The topological polar surface area (TPSA) is 79.5 Å². The van der Waals surface area contributed by atoms with Gasteiger partial charge in [-0.05, 0) is 56.1 Å². The maximum atomic E-state index is 12.1. The maximum Gasteiger partial charge on any atom is 0.295 e. The number of hydrogen-bond acceptors (Lipinski definition) is 4. The second-order valence-electron chi connectivity index (χ2n) is 3.58. The number of halogens is 2. The largest absolute Gasteiger partial charge is 0.445 e. The number of aliphatic hydroxyl groups is 1. The third-order valence-electron chi connectivity index (χ3n) is 2.26. The number of para-hydroxylation sites is 1. The van der Waals surface area contributed by atoms with Gasteiger partial charge >= 0.3 is 0 Å². The first kappa shape index (κ1) is 14.6. The summed E-state index contributed by atoms with van der Waals surface area (Å²) in [5, 5.41) is 8.62. The van der Waals surface area contributed by atoms with Crippen LogP contribution in [0.15, 0.2) is 48.8 Å². The summed E-state index contributed by atoms with van der Waals surface area (Å²) in [6.07, 6.45) is 0. The fraction of sp³-hybridized carbons (Fsp3) is 0.0909. The standard InChI is InChI=1S/C11H9Br2NO4S/c12-8-2-1-3-9(13)11(8)14-19(16,17)10-5-4-7(6-15)18-10/h1-5,14-15H,6H2. The van der Waals surface area contributed by atoms with Gasteiger partial charge in [-0.2, -0.15) is 8.42 Å². The Hall–Kier alpha value is -0.830. The molecule has 5 nitrogen and oxygen atoms in total. The van der Waals surface area contributed by atoms with E-state index >= 15 is 0 Å². The van der Waals surface area contributed by atoms with Crippen LogP contribution in [-0.4, -0.2) is 13.5 Å². The van der Waals surface area contributed by atoms with Crippen molar-refractivity contribution in [3.63, 3.8) is 0 Å². The summed E-state index contributed by atoms with van der Waals surface area (Å²) < 4.78 is 32.8. The lowest BCUT2D eigenvalue weighted by Crippen LogP contribution is -2.13. The number of rotatable bonds is 4. The molecule has 102 valence electrons. The van der Waals surface area contributed by atoms with Crippen molar-refractivity contribution in [3.05, 3.63) is 45.0 Å². The van der Waals surface area contributed by atoms with E-state index in [9.17, 15) is 8.42 Å². The Labute approximate surface area is 126 Å². The van der Waals surface area contributed by atoms with E-state index in [1.165, 1.54) is 12.1 Å². The van der Waals surface area contributed by atoms with Crippen molar-refractivity contribution < 1.29 is 17.9 Å². The molecule has 1 aromatic carbocycles. The summed E-state index contributed by atoms with van der Waals surface area (Å²) in [7, 11) is -3.84. The van der Waals surface area contributed by atoms with Gasteiger partial charge in [0.05, 0.1) is 5.69 Å². The summed E-state index contributed by atoms with van der Waals surface area (Å²) in [4.78, 5) is 0. The fourth-order valence-corrected chi connectivity index (χ4v) is 3.88. The summed E-state index contributed by atoms with van der Waals surface area (Å²) in [5.41, 5.74) is 0.379. The molecule has 0 radical (unpaired) electrons. The second-order valence-corrected chi connectivity index (χ2v) is 6.90. The van der Waals surface area contributed by atoms with Crippen molar-refractivity contribution in [2.45, 2.75) is 11.7 Å². The Morgan fingerprint density at radius 2 is 1.79 bits per heavy atom. The summed E-state index contributed by atoms with van der Waals surface area (Å²) in [6, 6.07) is 7.89. The number of sulfonamides is 1. The molecule has 19 heavy (non-hydrogen) atoms. The molecule has 0 saturated carbocycles. The Kier molecular flexibility index (Phi) is 4.34. The molecular weight excluding hydrogens is 402 g/mol. The molecule has 1 heterocycles. The first-order valence-corrected chi connectivity index (χ1v) is 8.17. The highest BCUT2D eigenvalue weighted by atomic mass is 79.9. The monoisotopic (exact) mass is 409 g/mol. The molecule has 2 rings (SSSR count). The molecular formula is C11H9Br2NO4S. The second kappa shape index (κ2) is 5.66. The third-order valence-corrected chi connectivity index (χ3v) is 4.80. The molecule has 2 aromatic rings. The molecule has 2 N–H and O–H groups in total. The van der Waals surface area contributed by atoms with E-state index in [4.69, 9.17) is 9.52 Å². The highest BCUT2D eigenvalue weighted by Gasteiger charge is 2.21. The van der Waals surface area contributed by atoms with Crippen LogP contribution >= 0.6 is 31.9 Å². The van der Waals surface area contributed by atoms with Gasteiger partial charge in [0.2, 0.25) is 5.09 Å². The zero-order valence-corrected chi connectivity index (χ0v) is 13.4. The van der Waals surface area contributed by atoms with E-state index in [1.54, 1.807) is 18.2 Å². The van der Waals surface area contributed by atoms with Crippen LogP contribution in [0.1, 0.15) is 5.76 Å². The zero-order valence-electron chi connectivity index (χ0n) is 9.43. The van der Waals surface area contributed by atoms with Gasteiger partial charge in [-0.3, -0.25) is 4.72 Å². The van der Waals surface area contributed by atoms with Crippen LogP contribution in [-0.2, 0) is 16.6 Å². The lowest BCUT2D eigenvalue weighted by molar-refractivity contribution is 0.236. The molecule has 0 bridgehead atoms. The van der Waals surface area contributed by atoms with Crippen LogP contribution in [0.2, 0.25) is 0 Å². The molecule has 0 unspecified atom stereocenters.